The standard InChI is InChI=1S/C30H42N4O8S/c1-19(40-16-29-8-6-20(7-9-29)41-17-29)21(26(37)39-5)10-32-24(35)22-12-33(25(36)23-11-31-18-43-23)13-30(22)14-34(15-30)27(38)42-28(2,3)4/h10-11,18-22H,6-9,12-17H2,1-5H3/t19?,20?,21?,22-,29?/m0/s1. The molecule has 5 heterocycles. The SMILES string of the molecule is COC(=O)C(C=NC(=O)[C@@H]1CN(C(=O)c2cncs2)CC12CN(C(=O)OC(C)(C)C)C2)C(C)OCC12CCC(CC1)OC2. The van der Waals surface area contributed by atoms with Crippen LogP contribution in [0.1, 0.15) is 63.0 Å². The van der Waals surface area contributed by atoms with E-state index < -0.39 is 46.9 Å². The maximum absolute atomic E-state index is 13.7. The lowest BCUT2D eigenvalue weighted by Gasteiger charge is -2.49. The number of nitrogens with zero attached hydrogens (tertiary/aromatic N) is 4. The number of rotatable bonds is 8. The van der Waals surface area contributed by atoms with Crippen molar-refractivity contribution in [1.29, 1.82) is 0 Å². The second-order valence-electron chi connectivity index (χ2n) is 13.5. The summed E-state index contributed by atoms with van der Waals surface area (Å²) < 4.78 is 22.6. The third kappa shape index (κ3) is 6.78. The van der Waals surface area contributed by atoms with Gasteiger partial charge in [-0.3, -0.25) is 19.4 Å². The van der Waals surface area contributed by atoms with Gasteiger partial charge in [0.05, 0.1) is 50.2 Å². The summed E-state index contributed by atoms with van der Waals surface area (Å²) in [5.74, 6) is -2.78. The molecular weight excluding hydrogens is 576 g/mol. The lowest BCUT2D eigenvalue weighted by Crippen LogP contribution is -2.63. The predicted octanol–water partition coefficient (Wildman–Crippen LogP) is 3.20. The number of hydrogen-bond donors (Lipinski definition) is 0. The van der Waals surface area contributed by atoms with Crippen LogP contribution in [-0.4, -0.2) is 109 Å². The highest BCUT2D eigenvalue weighted by Crippen LogP contribution is 2.46. The van der Waals surface area contributed by atoms with Crippen molar-refractivity contribution in [3.63, 3.8) is 0 Å². The topological polar surface area (TPSA) is 137 Å². The molecule has 1 aromatic rings. The fourth-order valence-corrected chi connectivity index (χ4v) is 7.18. The van der Waals surface area contributed by atoms with Gasteiger partial charge in [-0.15, -0.1) is 11.3 Å². The Morgan fingerprint density at radius 1 is 1.19 bits per heavy atom. The molecule has 2 unspecified atom stereocenters. The zero-order chi connectivity index (χ0) is 31.0. The number of aliphatic imine (C=N–C) groups is 1. The van der Waals surface area contributed by atoms with Crippen molar-refractivity contribution in [2.45, 2.75) is 71.2 Å². The summed E-state index contributed by atoms with van der Waals surface area (Å²) in [5, 5.41) is 0. The molecule has 0 N–H and O–H groups in total. The molecule has 3 atom stereocenters. The maximum atomic E-state index is 13.7. The van der Waals surface area contributed by atoms with Gasteiger partial charge in [0, 0.05) is 43.2 Å². The second-order valence-corrected chi connectivity index (χ2v) is 14.4. The Labute approximate surface area is 256 Å². The molecule has 1 saturated carbocycles. The molecule has 43 heavy (non-hydrogen) atoms. The average Bonchev–Trinajstić information content (AvgIpc) is 3.64. The van der Waals surface area contributed by atoms with Crippen LogP contribution < -0.4 is 0 Å². The van der Waals surface area contributed by atoms with Crippen molar-refractivity contribution >= 4 is 41.4 Å². The fourth-order valence-electron chi connectivity index (χ4n) is 6.59. The number of esters is 1. The summed E-state index contributed by atoms with van der Waals surface area (Å²) in [4.78, 5) is 64.2. The molecule has 2 bridgehead atoms. The van der Waals surface area contributed by atoms with E-state index in [0.29, 0.717) is 30.7 Å². The predicted molar refractivity (Wildman–Crippen MR) is 157 cm³/mol. The van der Waals surface area contributed by atoms with Crippen LogP contribution in [0.25, 0.3) is 0 Å². The van der Waals surface area contributed by atoms with Crippen LogP contribution in [-0.2, 0) is 28.5 Å². The van der Waals surface area contributed by atoms with Crippen LogP contribution in [0.3, 0.4) is 0 Å². The van der Waals surface area contributed by atoms with Gasteiger partial charge < -0.3 is 28.7 Å². The van der Waals surface area contributed by atoms with E-state index in [2.05, 4.69) is 9.98 Å². The molecule has 4 aliphatic heterocycles. The Hall–Kier alpha value is -2.90. The molecule has 3 amide bonds. The van der Waals surface area contributed by atoms with Crippen LogP contribution in [0.15, 0.2) is 16.7 Å². The van der Waals surface area contributed by atoms with Gasteiger partial charge in [0.25, 0.3) is 11.8 Å². The first-order valence-corrected chi connectivity index (χ1v) is 15.8. The van der Waals surface area contributed by atoms with E-state index in [1.807, 2.05) is 0 Å². The number of carbonyl (C=O) groups excluding carboxylic acids is 4. The van der Waals surface area contributed by atoms with Crippen molar-refractivity contribution in [3.8, 4) is 0 Å². The molecule has 13 heteroatoms. The molecule has 1 spiro atoms. The molecule has 5 fully saturated rings. The van der Waals surface area contributed by atoms with Gasteiger partial charge in [-0.2, -0.15) is 0 Å². The Bertz CT molecular complexity index is 1220. The van der Waals surface area contributed by atoms with Crippen molar-refractivity contribution in [1.82, 2.24) is 14.8 Å². The molecule has 236 valence electrons. The van der Waals surface area contributed by atoms with Crippen LogP contribution in [0.4, 0.5) is 4.79 Å². The first-order valence-electron chi connectivity index (χ1n) is 14.9. The summed E-state index contributed by atoms with van der Waals surface area (Å²) in [5.41, 5.74) is 0.203. The molecule has 0 radical (unpaired) electrons. The van der Waals surface area contributed by atoms with E-state index in [9.17, 15) is 19.2 Å². The second kappa shape index (κ2) is 12.2. The van der Waals surface area contributed by atoms with Gasteiger partial charge in [-0.25, -0.2) is 9.79 Å². The van der Waals surface area contributed by atoms with E-state index in [4.69, 9.17) is 18.9 Å². The van der Waals surface area contributed by atoms with Crippen molar-refractivity contribution in [3.05, 3.63) is 16.6 Å². The smallest absolute Gasteiger partial charge is 0.410 e. The number of hydrogen-bond acceptors (Lipinski definition) is 10. The number of amides is 3. The summed E-state index contributed by atoms with van der Waals surface area (Å²) in [6.07, 6.45) is 6.22. The molecule has 4 saturated heterocycles. The number of carbonyl (C=O) groups is 4. The van der Waals surface area contributed by atoms with Crippen LogP contribution >= 0.6 is 11.3 Å². The molecule has 0 aromatic carbocycles. The summed E-state index contributed by atoms with van der Waals surface area (Å²) in [6.45, 7) is 9.22. The maximum Gasteiger partial charge on any atom is 0.410 e. The number of thiazole rings is 1. The van der Waals surface area contributed by atoms with Gasteiger partial charge >= 0.3 is 12.1 Å². The van der Waals surface area contributed by atoms with E-state index in [1.54, 1.807) is 43.0 Å². The first-order chi connectivity index (χ1) is 20.3. The minimum absolute atomic E-state index is 0.0504. The summed E-state index contributed by atoms with van der Waals surface area (Å²) in [6, 6.07) is 0. The zero-order valence-corrected chi connectivity index (χ0v) is 26.4. The minimum Gasteiger partial charge on any atom is -0.468 e. The number of fused-ring (bicyclic) bond motifs is 3. The van der Waals surface area contributed by atoms with Gasteiger partial charge in [0.2, 0.25) is 0 Å². The third-order valence-corrected chi connectivity index (χ3v) is 9.91. The number of methoxy groups -OCH3 is 1. The van der Waals surface area contributed by atoms with Crippen molar-refractivity contribution in [2.75, 3.05) is 46.5 Å². The quantitative estimate of drug-likeness (QED) is 0.318. The number of ether oxygens (including phenoxy) is 4. The minimum atomic E-state index is -0.891. The fraction of sp³-hybridized carbons (Fsp3) is 0.733. The molecule has 1 aromatic heterocycles. The molecule has 12 nitrogen and oxygen atoms in total. The van der Waals surface area contributed by atoms with E-state index in [1.165, 1.54) is 30.9 Å². The molecule has 5 aliphatic rings. The number of likely N-dealkylation sites (tertiary alicyclic amines) is 2. The molecule has 1 aliphatic carbocycles. The molecule has 6 rings (SSSR count). The number of aromatic nitrogens is 1. The first kappa shape index (κ1) is 31.5. The van der Waals surface area contributed by atoms with Crippen LogP contribution in [0.5, 0.6) is 0 Å². The lowest BCUT2D eigenvalue weighted by atomic mass is 9.71. The highest BCUT2D eigenvalue weighted by molar-refractivity contribution is 7.11. The van der Waals surface area contributed by atoms with Crippen molar-refractivity contribution in [2.24, 2.45) is 27.7 Å². The molecular formula is C30H42N4O8S. The van der Waals surface area contributed by atoms with E-state index >= 15 is 0 Å². The van der Waals surface area contributed by atoms with Gasteiger partial charge in [0.1, 0.15) is 16.4 Å². The largest absolute Gasteiger partial charge is 0.468 e. The van der Waals surface area contributed by atoms with Crippen LogP contribution in [0.2, 0.25) is 0 Å². The van der Waals surface area contributed by atoms with Crippen molar-refractivity contribution < 1.29 is 38.1 Å². The highest BCUT2D eigenvalue weighted by Gasteiger charge is 2.59. The Morgan fingerprint density at radius 2 is 1.88 bits per heavy atom. The Kier molecular flexibility index (Phi) is 8.97. The normalized spacial score (nSPS) is 27.7. The monoisotopic (exact) mass is 618 g/mol. The van der Waals surface area contributed by atoms with E-state index in [0.717, 1.165) is 25.7 Å². The summed E-state index contributed by atoms with van der Waals surface area (Å²) in [7, 11) is 1.29. The van der Waals surface area contributed by atoms with E-state index in [-0.39, 0.29) is 31.0 Å². The zero-order valence-electron chi connectivity index (χ0n) is 25.6. The lowest BCUT2D eigenvalue weighted by molar-refractivity contribution is -0.159. The average molecular weight is 619 g/mol. The van der Waals surface area contributed by atoms with Gasteiger partial charge in [-0.05, 0) is 53.4 Å². The Morgan fingerprint density at radius 3 is 2.47 bits per heavy atom. The highest BCUT2D eigenvalue weighted by atomic mass is 32.1. The summed E-state index contributed by atoms with van der Waals surface area (Å²) >= 11 is 1.23. The van der Waals surface area contributed by atoms with Crippen LogP contribution in [0, 0.1) is 22.7 Å². The van der Waals surface area contributed by atoms with Gasteiger partial charge in [0.15, 0.2) is 0 Å². The third-order valence-electron chi connectivity index (χ3n) is 9.15. The van der Waals surface area contributed by atoms with Gasteiger partial charge in [-0.1, -0.05) is 0 Å². The Balaban J connectivity index is 1.28.